The molecule has 0 saturated carbocycles. The molecular formula is C15H23N3O3. The summed E-state index contributed by atoms with van der Waals surface area (Å²) in [6, 6.07) is 0. The van der Waals surface area contributed by atoms with E-state index in [0.29, 0.717) is 19.0 Å². The zero-order valence-corrected chi connectivity index (χ0v) is 13.0. The summed E-state index contributed by atoms with van der Waals surface area (Å²) >= 11 is 0. The Hall–Kier alpha value is -1.40. The minimum Gasteiger partial charge on any atom is -0.352 e. The highest BCUT2D eigenvalue weighted by molar-refractivity contribution is 5.36. The highest BCUT2D eigenvalue weighted by Crippen LogP contribution is 2.32. The zero-order chi connectivity index (χ0) is 15.1. The maximum absolute atomic E-state index is 12.6. The third kappa shape index (κ3) is 2.70. The fourth-order valence-corrected chi connectivity index (χ4v) is 2.99. The summed E-state index contributed by atoms with van der Waals surface area (Å²) in [6.45, 7) is 8.85. The normalized spacial score (nSPS) is 22.0. The van der Waals surface area contributed by atoms with Gasteiger partial charge in [0, 0.05) is 43.9 Å². The molecule has 0 N–H and O–H groups in total. The molecule has 0 radical (unpaired) electrons. The number of hydrogen-bond acceptors (Lipinski definition) is 5. The predicted molar refractivity (Wildman–Crippen MR) is 79.6 cm³/mol. The summed E-state index contributed by atoms with van der Waals surface area (Å²) in [7, 11) is 0. The molecule has 116 valence electrons. The Morgan fingerprint density at radius 2 is 1.81 bits per heavy atom. The molecule has 3 heterocycles. The smallest absolute Gasteiger partial charge is 0.293 e. The van der Waals surface area contributed by atoms with Crippen LogP contribution in [0.2, 0.25) is 0 Å². The Kier molecular flexibility index (Phi) is 3.53. The minimum atomic E-state index is -0.422. The summed E-state index contributed by atoms with van der Waals surface area (Å²) < 4.78 is 13.2. The van der Waals surface area contributed by atoms with Gasteiger partial charge in [-0.3, -0.25) is 4.79 Å². The molecule has 0 amide bonds. The number of ether oxygens (including phenoxy) is 2. The monoisotopic (exact) mass is 293 g/mol. The Bertz CT molecular complexity index is 560. The van der Waals surface area contributed by atoms with Crippen molar-refractivity contribution in [1.29, 1.82) is 0 Å². The van der Waals surface area contributed by atoms with Crippen LogP contribution in [0.15, 0.2) is 17.2 Å². The van der Waals surface area contributed by atoms with Gasteiger partial charge in [-0.25, -0.2) is 4.98 Å². The second-order valence-corrected chi connectivity index (χ2v) is 6.69. The summed E-state index contributed by atoms with van der Waals surface area (Å²) in [5.74, 6) is 0.106. The van der Waals surface area contributed by atoms with Crippen LogP contribution in [0.3, 0.4) is 0 Å². The van der Waals surface area contributed by atoms with Gasteiger partial charge in [-0.2, -0.15) is 0 Å². The van der Waals surface area contributed by atoms with Crippen LogP contribution < -0.4 is 10.5 Å². The quantitative estimate of drug-likeness (QED) is 0.782. The lowest BCUT2D eigenvalue weighted by Crippen LogP contribution is -2.48. The van der Waals surface area contributed by atoms with Gasteiger partial charge in [0.1, 0.15) is 0 Å². The predicted octanol–water partition coefficient (Wildman–Crippen LogP) is 1.34. The zero-order valence-electron chi connectivity index (χ0n) is 13.0. The molecule has 6 nitrogen and oxygen atoms in total. The first kappa shape index (κ1) is 14.5. The molecule has 0 bridgehead atoms. The van der Waals surface area contributed by atoms with Crippen LogP contribution >= 0.6 is 0 Å². The first-order valence-corrected chi connectivity index (χ1v) is 7.52. The molecule has 1 aromatic rings. The lowest BCUT2D eigenvalue weighted by atomic mass is 10.0. The summed E-state index contributed by atoms with van der Waals surface area (Å²) in [5.41, 5.74) is -0.280. The molecule has 0 unspecified atom stereocenters. The van der Waals surface area contributed by atoms with Crippen LogP contribution in [0.25, 0.3) is 0 Å². The van der Waals surface area contributed by atoms with E-state index in [-0.39, 0.29) is 11.1 Å². The minimum absolute atomic E-state index is 0.0331. The van der Waals surface area contributed by atoms with E-state index >= 15 is 0 Å². The van der Waals surface area contributed by atoms with Gasteiger partial charge in [-0.1, -0.05) is 0 Å². The second kappa shape index (κ2) is 5.10. The van der Waals surface area contributed by atoms with E-state index in [1.165, 1.54) is 0 Å². The van der Waals surface area contributed by atoms with Gasteiger partial charge in [0.05, 0.1) is 13.2 Å². The Labute approximate surface area is 124 Å². The van der Waals surface area contributed by atoms with Gasteiger partial charge in [0.25, 0.3) is 5.56 Å². The van der Waals surface area contributed by atoms with Crippen molar-refractivity contribution in [3.05, 3.63) is 22.7 Å². The van der Waals surface area contributed by atoms with E-state index in [0.717, 1.165) is 25.9 Å². The Morgan fingerprint density at radius 1 is 1.19 bits per heavy atom. The van der Waals surface area contributed by atoms with Crippen LogP contribution in [-0.2, 0) is 15.0 Å². The maximum atomic E-state index is 12.6. The summed E-state index contributed by atoms with van der Waals surface area (Å²) in [5, 5.41) is 0. The first-order valence-electron chi connectivity index (χ1n) is 7.52. The fraction of sp³-hybridized carbons (Fsp3) is 0.733. The van der Waals surface area contributed by atoms with Crippen molar-refractivity contribution >= 4 is 5.82 Å². The molecule has 0 aromatic carbocycles. The highest BCUT2D eigenvalue weighted by Gasteiger charge is 2.40. The molecule has 3 rings (SSSR count). The van der Waals surface area contributed by atoms with Crippen molar-refractivity contribution in [1.82, 2.24) is 9.55 Å². The van der Waals surface area contributed by atoms with Gasteiger partial charge < -0.3 is 18.9 Å². The average Bonchev–Trinajstić information content (AvgIpc) is 2.87. The molecule has 2 aliphatic heterocycles. The lowest BCUT2D eigenvalue weighted by molar-refractivity contribution is -0.169. The lowest BCUT2D eigenvalue weighted by Gasteiger charge is -2.38. The van der Waals surface area contributed by atoms with Crippen molar-refractivity contribution < 1.29 is 9.47 Å². The van der Waals surface area contributed by atoms with Gasteiger partial charge in [-0.15, -0.1) is 0 Å². The van der Waals surface area contributed by atoms with Crippen molar-refractivity contribution in [2.24, 2.45) is 0 Å². The molecule has 2 fully saturated rings. The van der Waals surface area contributed by atoms with E-state index in [4.69, 9.17) is 9.47 Å². The van der Waals surface area contributed by atoms with E-state index in [2.05, 4.69) is 4.98 Å². The van der Waals surface area contributed by atoms with E-state index in [1.54, 1.807) is 17.0 Å². The summed E-state index contributed by atoms with van der Waals surface area (Å²) in [4.78, 5) is 19.0. The van der Waals surface area contributed by atoms with Gasteiger partial charge in [-0.05, 0) is 20.8 Å². The molecule has 6 heteroatoms. The summed E-state index contributed by atoms with van der Waals surface area (Å²) in [6.07, 6.45) is 5.01. The van der Waals surface area contributed by atoms with Crippen LogP contribution in [0.1, 0.15) is 33.6 Å². The molecule has 21 heavy (non-hydrogen) atoms. The molecule has 0 atom stereocenters. The van der Waals surface area contributed by atoms with Gasteiger partial charge in [0.2, 0.25) is 0 Å². The Balaban J connectivity index is 1.81. The average molecular weight is 293 g/mol. The first-order chi connectivity index (χ1) is 9.91. The second-order valence-electron chi connectivity index (χ2n) is 6.69. The number of aromatic nitrogens is 2. The van der Waals surface area contributed by atoms with Crippen molar-refractivity contribution in [3.63, 3.8) is 0 Å². The van der Waals surface area contributed by atoms with E-state index in [9.17, 15) is 4.79 Å². The third-order valence-corrected chi connectivity index (χ3v) is 4.18. The van der Waals surface area contributed by atoms with E-state index < -0.39 is 5.79 Å². The molecule has 2 aliphatic rings. The largest absolute Gasteiger partial charge is 0.352 e. The van der Waals surface area contributed by atoms with Crippen LogP contribution in [0, 0.1) is 0 Å². The number of piperidine rings is 1. The van der Waals surface area contributed by atoms with E-state index in [1.807, 2.05) is 25.7 Å². The van der Waals surface area contributed by atoms with Crippen molar-refractivity contribution in [3.8, 4) is 0 Å². The molecular weight excluding hydrogens is 270 g/mol. The third-order valence-electron chi connectivity index (χ3n) is 4.18. The molecule has 1 spiro atoms. The molecule has 2 saturated heterocycles. The SMILES string of the molecule is CC(C)(C)n1ccnc(N2CCC3(CC2)OCCO3)c1=O. The van der Waals surface area contributed by atoms with Crippen LogP contribution in [0.4, 0.5) is 5.82 Å². The molecule has 0 aliphatic carbocycles. The number of anilines is 1. The number of hydrogen-bond donors (Lipinski definition) is 0. The molecule has 1 aromatic heterocycles. The van der Waals surface area contributed by atoms with Gasteiger partial charge >= 0.3 is 0 Å². The standard InChI is InChI=1S/C15H23N3O3/c1-14(2,3)18-9-6-16-12(13(18)19)17-7-4-15(5-8-17)20-10-11-21-15/h6,9H,4-5,7-8,10-11H2,1-3H3. The van der Waals surface area contributed by atoms with Crippen LogP contribution in [-0.4, -0.2) is 41.6 Å². The maximum Gasteiger partial charge on any atom is 0.293 e. The Morgan fingerprint density at radius 3 is 2.38 bits per heavy atom. The van der Waals surface area contributed by atoms with Crippen LogP contribution in [0.5, 0.6) is 0 Å². The number of rotatable bonds is 1. The number of nitrogens with zero attached hydrogens (tertiary/aromatic N) is 3. The van der Waals surface area contributed by atoms with Crippen molar-refractivity contribution in [2.75, 3.05) is 31.2 Å². The van der Waals surface area contributed by atoms with Gasteiger partial charge in [0.15, 0.2) is 11.6 Å². The fourth-order valence-electron chi connectivity index (χ4n) is 2.99. The topological polar surface area (TPSA) is 56.6 Å². The van der Waals surface area contributed by atoms with Crippen molar-refractivity contribution in [2.45, 2.75) is 44.9 Å². The highest BCUT2D eigenvalue weighted by atomic mass is 16.7.